The fourth-order valence-corrected chi connectivity index (χ4v) is 0.159. The van der Waals surface area contributed by atoms with Gasteiger partial charge in [-0.3, -0.25) is 0 Å². The summed E-state index contributed by atoms with van der Waals surface area (Å²) in [6.45, 7) is 0. The molecule has 0 atom stereocenters. The Morgan fingerprint density at radius 2 is 2.11 bits per heavy atom. The molecule has 9 heavy (non-hydrogen) atoms. The van der Waals surface area contributed by atoms with Crippen LogP contribution >= 0.6 is 0 Å². The maximum absolute atomic E-state index is 9.95. The van der Waals surface area contributed by atoms with Crippen LogP contribution in [-0.2, 0) is 9.59 Å². The van der Waals surface area contributed by atoms with Crippen LogP contribution in [0.15, 0.2) is 6.08 Å². The van der Waals surface area contributed by atoms with Gasteiger partial charge >= 0.3 is 5.97 Å². The number of carbonyl (C=O) groups excluding carboxylic acids is 1. The molecule has 0 radical (unpaired) electrons. The molecule has 0 aromatic heterocycles. The maximum Gasteiger partial charge on any atom is 0.343 e. The van der Waals surface area contributed by atoms with E-state index in [0.717, 1.165) is 0 Å². The molecule has 0 fully saturated rings. The Labute approximate surface area is 50.9 Å². The number of hydrogen-bond acceptors (Lipinski definition) is 4. The molecule has 0 rings (SSSR count). The molecule has 0 aromatic rings. The van der Waals surface area contributed by atoms with Crippen LogP contribution in [0.25, 0.3) is 0 Å². The van der Waals surface area contributed by atoms with E-state index in [9.17, 15) is 9.59 Å². The Kier molecular flexibility index (Phi) is 2.10. The van der Waals surface area contributed by atoms with Gasteiger partial charge in [-0.15, -0.1) is 0 Å². The minimum absolute atomic E-state index is 0.537. The molecule has 0 aliphatic heterocycles. The molecule has 0 bridgehead atoms. The Hall–Kier alpha value is -1.16. The average molecular weight is 130 g/mol. The standard InChI is InChI=1S/C4H6N2O3/c5-4(6,1-2-7)3(8)9/h1H,5-6H2,(H,8,9). The average Bonchev–Trinajstić information content (AvgIpc) is 1.65. The van der Waals surface area contributed by atoms with Gasteiger partial charge < -0.3 is 16.6 Å². The zero-order valence-electron chi connectivity index (χ0n) is 4.50. The first kappa shape index (κ1) is 7.84. The number of carbonyl (C=O) groups is 1. The van der Waals surface area contributed by atoms with E-state index in [0.29, 0.717) is 6.08 Å². The van der Waals surface area contributed by atoms with E-state index in [2.05, 4.69) is 0 Å². The minimum Gasteiger partial charge on any atom is -0.479 e. The number of hydrogen-bond donors (Lipinski definition) is 3. The Bertz CT molecular complexity index is 165. The highest BCUT2D eigenvalue weighted by atomic mass is 16.4. The van der Waals surface area contributed by atoms with E-state index in [1.807, 2.05) is 0 Å². The second kappa shape index (κ2) is 2.41. The van der Waals surface area contributed by atoms with Gasteiger partial charge in [-0.05, 0) is 0 Å². The molecule has 0 heterocycles. The van der Waals surface area contributed by atoms with Crippen molar-refractivity contribution in [1.29, 1.82) is 0 Å². The zero-order valence-corrected chi connectivity index (χ0v) is 4.50. The lowest BCUT2D eigenvalue weighted by atomic mass is 10.2. The first-order valence-corrected chi connectivity index (χ1v) is 2.04. The van der Waals surface area contributed by atoms with Crippen LogP contribution in [0, 0.1) is 0 Å². The predicted octanol–water partition coefficient (Wildman–Crippen LogP) is -1.93. The molecular formula is C4H6N2O3. The van der Waals surface area contributed by atoms with Gasteiger partial charge in [0.2, 0.25) is 0 Å². The summed E-state index contributed by atoms with van der Waals surface area (Å²) < 4.78 is 0. The first-order valence-electron chi connectivity index (χ1n) is 2.04. The zero-order chi connectivity index (χ0) is 7.49. The molecule has 0 aromatic carbocycles. The molecule has 0 amide bonds. The molecule has 5 nitrogen and oxygen atoms in total. The van der Waals surface area contributed by atoms with Gasteiger partial charge in [-0.25, -0.2) is 9.59 Å². The van der Waals surface area contributed by atoms with Gasteiger partial charge in [0.05, 0.1) is 0 Å². The van der Waals surface area contributed by atoms with E-state index in [-0.39, 0.29) is 0 Å². The molecule has 0 spiro atoms. The van der Waals surface area contributed by atoms with Gasteiger partial charge in [0.25, 0.3) is 0 Å². The molecule has 0 aliphatic carbocycles. The summed E-state index contributed by atoms with van der Waals surface area (Å²) in [6.07, 6.45) is 0.537. The van der Waals surface area contributed by atoms with Crippen molar-refractivity contribution in [1.82, 2.24) is 0 Å². The lowest BCUT2D eigenvalue weighted by molar-refractivity contribution is -0.141. The Balaban J connectivity index is 4.37. The number of carboxylic acids is 1. The van der Waals surface area contributed by atoms with Crippen molar-refractivity contribution < 1.29 is 14.7 Å². The quantitative estimate of drug-likeness (QED) is 0.298. The summed E-state index contributed by atoms with van der Waals surface area (Å²) in [5.41, 5.74) is 7.58. The summed E-state index contributed by atoms with van der Waals surface area (Å²) in [4.78, 5) is 19.5. The van der Waals surface area contributed by atoms with Gasteiger partial charge in [0.15, 0.2) is 5.66 Å². The van der Waals surface area contributed by atoms with Crippen LogP contribution in [-0.4, -0.2) is 22.7 Å². The van der Waals surface area contributed by atoms with E-state index in [4.69, 9.17) is 16.6 Å². The largest absolute Gasteiger partial charge is 0.479 e. The maximum atomic E-state index is 9.95. The van der Waals surface area contributed by atoms with E-state index >= 15 is 0 Å². The molecule has 50 valence electrons. The van der Waals surface area contributed by atoms with Crippen molar-refractivity contribution in [2.75, 3.05) is 0 Å². The SMILES string of the molecule is NC(N)(C=C=O)C(=O)O. The van der Waals surface area contributed by atoms with Crippen molar-refractivity contribution in [2.45, 2.75) is 5.66 Å². The van der Waals surface area contributed by atoms with E-state index < -0.39 is 11.6 Å². The summed E-state index contributed by atoms with van der Waals surface area (Å²) >= 11 is 0. The van der Waals surface area contributed by atoms with Crippen molar-refractivity contribution in [2.24, 2.45) is 11.5 Å². The lowest BCUT2D eigenvalue weighted by Crippen LogP contribution is -2.54. The minimum atomic E-state index is -2.08. The molecule has 0 saturated heterocycles. The molecule has 5 heteroatoms. The van der Waals surface area contributed by atoms with Crippen LogP contribution in [0.5, 0.6) is 0 Å². The highest BCUT2D eigenvalue weighted by molar-refractivity contribution is 5.82. The van der Waals surface area contributed by atoms with Crippen molar-refractivity contribution in [3.63, 3.8) is 0 Å². The summed E-state index contributed by atoms with van der Waals surface area (Å²) in [7, 11) is 0. The Morgan fingerprint density at radius 1 is 1.67 bits per heavy atom. The van der Waals surface area contributed by atoms with Crippen LogP contribution in [0.3, 0.4) is 0 Å². The Morgan fingerprint density at radius 3 is 2.22 bits per heavy atom. The fraction of sp³-hybridized carbons (Fsp3) is 0.250. The predicted molar refractivity (Wildman–Crippen MR) is 29.0 cm³/mol. The van der Waals surface area contributed by atoms with Gasteiger partial charge in [-0.1, -0.05) is 0 Å². The van der Waals surface area contributed by atoms with E-state index in [1.54, 1.807) is 0 Å². The molecule has 0 saturated carbocycles. The molecule has 5 N–H and O–H groups in total. The van der Waals surface area contributed by atoms with Gasteiger partial charge in [-0.2, -0.15) is 0 Å². The molecule has 0 unspecified atom stereocenters. The van der Waals surface area contributed by atoms with Crippen LogP contribution in [0.4, 0.5) is 0 Å². The van der Waals surface area contributed by atoms with Crippen LogP contribution in [0.1, 0.15) is 0 Å². The second-order valence-corrected chi connectivity index (χ2v) is 1.50. The van der Waals surface area contributed by atoms with Crippen molar-refractivity contribution in [3.8, 4) is 0 Å². The third-order valence-corrected chi connectivity index (χ3v) is 0.668. The second-order valence-electron chi connectivity index (χ2n) is 1.50. The molecular weight excluding hydrogens is 124 g/mol. The summed E-state index contributed by atoms with van der Waals surface area (Å²) in [5, 5.41) is 8.11. The number of rotatable bonds is 2. The fourth-order valence-electron chi connectivity index (χ4n) is 0.159. The summed E-state index contributed by atoms with van der Waals surface area (Å²) in [6, 6.07) is 0. The van der Waals surface area contributed by atoms with Crippen molar-refractivity contribution >= 4 is 11.9 Å². The van der Waals surface area contributed by atoms with Crippen LogP contribution < -0.4 is 11.5 Å². The normalized spacial score (nSPS) is 10.0. The smallest absolute Gasteiger partial charge is 0.343 e. The van der Waals surface area contributed by atoms with Crippen molar-refractivity contribution in [3.05, 3.63) is 6.08 Å². The highest BCUT2D eigenvalue weighted by Gasteiger charge is 2.25. The van der Waals surface area contributed by atoms with Crippen LogP contribution in [0.2, 0.25) is 0 Å². The first-order chi connectivity index (χ1) is 4.00. The van der Waals surface area contributed by atoms with E-state index in [1.165, 1.54) is 5.94 Å². The number of nitrogens with two attached hydrogens (primary N) is 2. The lowest BCUT2D eigenvalue weighted by Gasteiger charge is -2.09. The highest BCUT2D eigenvalue weighted by Crippen LogP contribution is 1.87. The van der Waals surface area contributed by atoms with Gasteiger partial charge in [0, 0.05) is 6.08 Å². The third-order valence-electron chi connectivity index (χ3n) is 0.668. The number of aliphatic carboxylic acids is 1. The number of carboxylic acid groups (broad SMARTS) is 1. The monoisotopic (exact) mass is 130 g/mol. The molecule has 0 aliphatic rings. The van der Waals surface area contributed by atoms with Gasteiger partial charge in [0.1, 0.15) is 5.94 Å². The topological polar surface area (TPSA) is 106 Å². The third kappa shape index (κ3) is 2.05. The summed E-state index contributed by atoms with van der Waals surface area (Å²) in [5.74, 6) is -0.283.